The van der Waals surface area contributed by atoms with Gasteiger partial charge in [-0.3, -0.25) is 4.79 Å². The van der Waals surface area contributed by atoms with Crippen molar-refractivity contribution in [3.8, 4) is 5.75 Å². The normalized spacial score (nSPS) is 15.4. The van der Waals surface area contributed by atoms with Crippen molar-refractivity contribution in [1.82, 2.24) is 8.87 Å². The molecule has 0 amide bonds. The van der Waals surface area contributed by atoms with Gasteiger partial charge in [0.2, 0.25) is 10.0 Å². The molecular formula is C17H19FN2O4S. The summed E-state index contributed by atoms with van der Waals surface area (Å²) in [6, 6.07) is 8.53. The first kappa shape index (κ1) is 17.6. The Balaban J connectivity index is 1.74. The first-order valence-electron chi connectivity index (χ1n) is 8.06. The molecule has 0 bridgehead atoms. The second-order valence-electron chi connectivity index (χ2n) is 5.79. The van der Waals surface area contributed by atoms with Crippen LogP contribution in [-0.2, 0) is 16.6 Å². The molecule has 1 aromatic carbocycles. The van der Waals surface area contributed by atoms with E-state index in [2.05, 4.69) is 0 Å². The summed E-state index contributed by atoms with van der Waals surface area (Å²) in [4.78, 5) is 12.0. The number of hydrogen-bond donors (Lipinski definition) is 0. The summed E-state index contributed by atoms with van der Waals surface area (Å²) < 4.78 is 46.7. The van der Waals surface area contributed by atoms with Crippen LogP contribution in [0.25, 0.3) is 0 Å². The van der Waals surface area contributed by atoms with E-state index in [1.807, 2.05) is 0 Å². The van der Waals surface area contributed by atoms with E-state index < -0.39 is 15.8 Å². The molecular weight excluding hydrogens is 347 g/mol. The van der Waals surface area contributed by atoms with E-state index >= 15 is 0 Å². The molecule has 1 saturated heterocycles. The quantitative estimate of drug-likeness (QED) is 0.782. The van der Waals surface area contributed by atoms with Crippen LogP contribution in [0.5, 0.6) is 5.75 Å². The lowest BCUT2D eigenvalue weighted by molar-refractivity contribution is 0.282. The maximum Gasteiger partial charge on any atom is 0.250 e. The lowest BCUT2D eigenvalue weighted by Gasteiger charge is -2.16. The summed E-state index contributed by atoms with van der Waals surface area (Å²) in [5.41, 5.74) is -0.336. The highest BCUT2D eigenvalue weighted by Gasteiger charge is 2.27. The molecule has 0 spiro atoms. The maximum absolute atomic E-state index is 13.5. The number of para-hydroxylation sites is 1. The highest BCUT2D eigenvalue weighted by Crippen LogP contribution is 2.20. The molecule has 134 valence electrons. The molecule has 1 aromatic heterocycles. The summed E-state index contributed by atoms with van der Waals surface area (Å²) in [6.45, 7) is 1.17. The highest BCUT2D eigenvalue weighted by atomic mass is 32.2. The van der Waals surface area contributed by atoms with Crippen LogP contribution in [0.2, 0.25) is 0 Å². The van der Waals surface area contributed by atoms with Gasteiger partial charge in [0.1, 0.15) is 6.61 Å². The van der Waals surface area contributed by atoms with Crippen LogP contribution in [0.4, 0.5) is 4.39 Å². The largest absolute Gasteiger partial charge is 0.489 e. The minimum absolute atomic E-state index is 0.0497. The minimum Gasteiger partial charge on any atom is -0.489 e. The molecule has 0 unspecified atom stereocenters. The SMILES string of the molecule is O=c1ccc(S(=O)(=O)N2CCCC2)cn1CCOc1ccccc1F. The monoisotopic (exact) mass is 366 g/mol. The predicted octanol–water partition coefficient (Wildman–Crippen LogP) is 1.85. The van der Waals surface area contributed by atoms with E-state index in [9.17, 15) is 17.6 Å². The average Bonchev–Trinajstić information content (AvgIpc) is 3.13. The van der Waals surface area contributed by atoms with Crippen LogP contribution >= 0.6 is 0 Å². The topological polar surface area (TPSA) is 68.6 Å². The fraction of sp³-hybridized carbons (Fsp3) is 0.353. The molecule has 1 fully saturated rings. The van der Waals surface area contributed by atoms with E-state index in [0.29, 0.717) is 13.1 Å². The number of nitrogens with zero attached hydrogens (tertiary/aromatic N) is 2. The molecule has 2 heterocycles. The Bertz CT molecular complexity index is 905. The summed E-state index contributed by atoms with van der Waals surface area (Å²) in [7, 11) is -3.59. The second kappa shape index (κ2) is 7.37. The zero-order valence-corrected chi connectivity index (χ0v) is 14.4. The molecule has 0 radical (unpaired) electrons. The number of aromatic nitrogens is 1. The van der Waals surface area contributed by atoms with Crippen LogP contribution in [-0.4, -0.2) is 37.0 Å². The Hall–Kier alpha value is -2.19. The molecule has 0 saturated carbocycles. The van der Waals surface area contributed by atoms with Gasteiger partial charge in [-0.1, -0.05) is 12.1 Å². The molecule has 1 aliphatic heterocycles. The van der Waals surface area contributed by atoms with Gasteiger partial charge >= 0.3 is 0 Å². The first-order valence-corrected chi connectivity index (χ1v) is 9.50. The van der Waals surface area contributed by atoms with Crippen LogP contribution < -0.4 is 10.3 Å². The van der Waals surface area contributed by atoms with Crippen molar-refractivity contribution in [2.24, 2.45) is 0 Å². The van der Waals surface area contributed by atoms with Crippen molar-refractivity contribution in [2.75, 3.05) is 19.7 Å². The number of sulfonamides is 1. The maximum atomic E-state index is 13.5. The number of benzene rings is 1. The van der Waals surface area contributed by atoms with E-state index in [-0.39, 0.29) is 29.4 Å². The molecule has 8 heteroatoms. The number of halogens is 1. The Morgan fingerprint density at radius 2 is 1.80 bits per heavy atom. The van der Waals surface area contributed by atoms with Gasteiger partial charge in [0.25, 0.3) is 5.56 Å². The van der Waals surface area contributed by atoms with Crippen LogP contribution in [0, 0.1) is 5.82 Å². The van der Waals surface area contributed by atoms with Gasteiger partial charge in [-0.25, -0.2) is 12.8 Å². The third kappa shape index (κ3) is 3.91. The van der Waals surface area contributed by atoms with E-state index in [4.69, 9.17) is 4.74 Å². The predicted molar refractivity (Wildman–Crippen MR) is 90.6 cm³/mol. The van der Waals surface area contributed by atoms with Gasteiger partial charge in [-0.2, -0.15) is 4.31 Å². The molecule has 2 aromatic rings. The Morgan fingerprint density at radius 1 is 1.08 bits per heavy atom. The van der Waals surface area contributed by atoms with E-state index in [1.165, 1.54) is 39.3 Å². The number of hydrogen-bond acceptors (Lipinski definition) is 4. The molecule has 0 aliphatic carbocycles. The van der Waals surface area contributed by atoms with Crippen molar-refractivity contribution in [1.29, 1.82) is 0 Å². The molecule has 1 aliphatic rings. The zero-order valence-electron chi connectivity index (χ0n) is 13.6. The van der Waals surface area contributed by atoms with Crippen molar-refractivity contribution >= 4 is 10.0 Å². The fourth-order valence-corrected chi connectivity index (χ4v) is 4.27. The molecule has 6 nitrogen and oxygen atoms in total. The highest BCUT2D eigenvalue weighted by molar-refractivity contribution is 7.89. The second-order valence-corrected chi connectivity index (χ2v) is 7.72. The van der Waals surface area contributed by atoms with Gasteiger partial charge in [-0.15, -0.1) is 0 Å². The van der Waals surface area contributed by atoms with Crippen molar-refractivity contribution in [3.63, 3.8) is 0 Å². The lowest BCUT2D eigenvalue weighted by Crippen LogP contribution is -2.30. The summed E-state index contributed by atoms with van der Waals surface area (Å²) in [5, 5.41) is 0. The summed E-state index contributed by atoms with van der Waals surface area (Å²) >= 11 is 0. The third-order valence-electron chi connectivity index (χ3n) is 4.09. The van der Waals surface area contributed by atoms with Crippen LogP contribution in [0.1, 0.15) is 12.8 Å². The molecule has 0 N–H and O–H groups in total. The summed E-state index contributed by atoms with van der Waals surface area (Å²) in [6.07, 6.45) is 3.01. The van der Waals surface area contributed by atoms with Gasteiger partial charge < -0.3 is 9.30 Å². The van der Waals surface area contributed by atoms with Gasteiger partial charge in [0.05, 0.1) is 11.4 Å². The van der Waals surface area contributed by atoms with E-state index in [0.717, 1.165) is 12.8 Å². The number of ether oxygens (including phenoxy) is 1. The van der Waals surface area contributed by atoms with Crippen LogP contribution in [0.3, 0.4) is 0 Å². The van der Waals surface area contributed by atoms with Crippen molar-refractivity contribution in [2.45, 2.75) is 24.3 Å². The van der Waals surface area contributed by atoms with Gasteiger partial charge in [0, 0.05) is 25.4 Å². The average molecular weight is 366 g/mol. The third-order valence-corrected chi connectivity index (χ3v) is 5.97. The smallest absolute Gasteiger partial charge is 0.250 e. The molecule has 3 rings (SSSR count). The van der Waals surface area contributed by atoms with Crippen molar-refractivity contribution < 1.29 is 17.5 Å². The zero-order chi connectivity index (χ0) is 17.9. The first-order chi connectivity index (χ1) is 12.0. The van der Waals surface area contributed by atoms with Crippen LogP contribution in [0.15, 0.2) is 52.3 Å². The summed E-state index contributed by atoms with van der Waals surface area (Å²) in [5.74, 6) is -0.392. The fourth-order valence-electron chi connectivity index (χ4n) is 2.73. The number of rotatable bonds is 6. The van der Waals surface area contributed by atoms with E-state index in [1.54, 1.807) is 12.1 Å². The molecule has 0 atom stereocenters. The minimum atomic E-state index is -3.59. The standard InChI is InChI=1S/C17H19FN2O4S/c18-15-5-1-2-6-16(15)24-12-11-19-13-14(7-8-17(19)21)25(22,23)20-9-3-4-10-20/h1-2,5-8,13H,3-4,9-12H2. The molecule has 25 heavy (non-hydrogen) atoms. The van der Waals surface area contributed by atoms with Gasteiger partial charge in [-0.05, 0) is 31.0 Å². The Kier molecular flexibility index (Phi) is 5.19. The van der Waals surface area contributed by atoms with Gasteiger partial charge in [0.15, 0.2) is 11.6 Å². The Labute approximate surface area is 145 Å². The number of pyridine rings is 1. The van der Waals surface area contributed by atoms with Crippen molar-refractivity contribution in [3.05, 3.63) is 58.8 Å². The Morgan fingerprint density at radius 3 is 2.52 bits per heavy atom. The lowest BCUT2D eigenvalue weighted by atomic mass is 10.3.